The van der Waals surface area contributed by atoms with Crippen molar-refractivity contribution in [1.82, 2.24) is 9.88 Å². The van der Waals surface area contributed by atoms with E-state index in [0.29, 0.717) is 31.9 Å². The van der Waals surface area contributed by atoms with Crippen LogP contribution in [0.5, 0.6) is 0 Å². The van der Waals surface area contributed by atoms with Gasteiger partial charge in [0.2, 0.25) is 0 Å². The molecule has 1 aliphatic heterocycles. The van der Waals surface area contributed by atoms with Gasteiger partial charge in [0.1, 0.15) is 0 Å². The lowest BCUT2D eigenvalue weighted by Gasteiger charge is -2.29. The number of fused-ring (bicyclic) bond motifs is 2. The van der Waals surface area contributed by atoms with E-state index in [9.17, 15) is 9.59 Å². The van der Waals surface area contributed by atoms with E-state index in [1.165, 1.54) is 4.88 Å². The fourth-order valence-electron chi connectivity index (χ4n) is 4.56. The number of hydrogen-bond donors (Lipinski definition) is 0. The first-order valence-electron chi connectivity index (χ1n) is 11.4. The molecule has 1 unspecified atom stereocenters. The fraction of sp³-hybridized carbons (Fsp3) is 0.346. The minimum absolute atomic E-state index is 0.183. The molecule has 2 aliphatic rings. The molecule has 0 saturated carbocycles. The first-order chi connectivity index (χ1) is 16.1. The van der Waals surface area contributed by atoms with Crippen LogP contribution in [0.4, 0.5) is 0 Å². The number of rotatable bonds is 4. The van der Waals surface area contributed by atoms with Crippen molar-refractivity contribution in [3.63, 3.8) is 0 Å². The molecule has 1 aromatic carbocycles. The monoisotopic (exact) mass is 462 g/mol. The molecule has 0 radical (unpaired) electrons. The van der Waals surface area contributed by atoms with Crippen molar-refractivity contribution < 1.29 is 19.1 Å². The summed E-state index contributed by atoms with van der Waals surface area (Å²) in [6.45, 7) is 3.70. The van der Waals surface area contributed by atoms with Crippen molar-refractivity contribution >= 4 is 45.8 Å². The third-order valence-electron chi connectivity index (χ3n) is 6.19. The number of benzene rings is 1. The maximum absolute atomic E-state index is 13.5. The Morgan fingerprint density at radius 1 is 1.15 bits per heavy atom. The summed E-state index contributed by atoms with van der Waals surface area (Å²) in [6.07, 6.45) is 3.92. The van der Waals surface area contributed by atoms with Gasteiger partial charge >= 0.3 is 5.97 Å². The number of pyridine rings is 1. The van der Waals surface area contributed by atoms with Crippen molar-refractivity contribution in [2.45, 2.75) is 32.3 Å². The quantitative estimate of drug-likeness (QED) is 0.531. The number of amides is 1. The number of morpholine rings is 1. The highest BCUT2D eigenvalue weighted by atomic mass is 32.1. The van der Waals surface area contributed by atoms with E-state index in [0.717, 1.165) is 47.0 Å². The Balaban J connectivity index is 1.52. The maximum Gasteiger partial charge on any atom is 0.339 e. The van der Waals surface area contributed by atoms with Gasteiger partial charge in [-0.1, -0.05) is 24.3 Å². The molecule has 7 heteroatoms. The molecule has 2 aromatic heterocycles. The van der Waals surface area contributed by atoms with Crippen LogP contribution in [0.3, 0.4) is 0 Å². The van der Waals surface area contributed by atoms with Crippen LogP contribution in [-0.4, -0.2) is 54.2 Å². The van der Waals surface area contributed by atoms with Crippen LogP contribution in [0.15, 0.2) is 41.8 Å². The smallest absolute Gasteiger partial charge is 0.339 e. The molecule has 6 nitrogen and oxygen atoms in total. The van der Waals surface area contributed by atoms with Gasteiger partial charge in [0.05, 0.1) is 30.0 Å². The van der Waals surface area contributed by atoms with Gasteiger partial charge in [-0.2, -0.15) is 0 Å². The van der Waals surface area contributed by atoms with E-state index in [1.807, 2.05) is 30.3 Å². The fourth-order valence-corrected chi connectivity index (χ4v) is 5.25. The number of aromatic nitrogens is 1. The standard InChI is InChI=1S/C26H26N2O4S/c1-17(25(29)28-11-13-31-14-12-28)32-26(30)23-20-8-2-3-10-22(20)27-24-18(6-4-9-21(23)24)16-19-7-5-15-33-19/h2-3,5,7-8,10,15-17H,4,6,9,11-14H2,1H3/b18-16+. The normalized spacial score (nSPS) is 18.2. The van der Waals surface area contributed by atoms with E-state index >= 15 is 0 Å². The van der Waals surface area contributed by atoms with Gasteiger partial charge in [-0.05, 0) is 60.9 Å². The average molecular weight is 463 g/mol. The molecular weight excluding hydrogens is 436 g/mol. The molecular formula is C26H26N2O4S. The Kier molecular flexibility index (Phi) is 6.24. The Labute approximate surface area is 196 Å². The molecule has 1 saturated heterocycles. The topological polar surface area (TPSA) is 68.7 Å². The van der Waals surface area contributed by atoms with Crippen LogP contribution in [0.25, 0.3) is 22.6 Å². The molecule has 0 N–H and O–H groups in total. The Bertz CT molecular complexity index is 1210. The van der Waals surface area contributed by atoms with Crippen LogP contribution in [0.1, 0.15) is 46.3 Å². The maximum atomic E-state index is 13.5. The predicted octanol–water partition coefficient (Wildman–Crippen LogP) is 4.58. The highest BCUT2D eigenvalue weighted by Crippen LogP contribution is 2.37. The zero-order valence-electron chi connectivity index (χ0n) is 18.6. The molecule has 5 rings (SSSR count). The van der Waals surface area contributed by atoms with Gasteiger partial charge in [0.15, 0.2) is 6.10 Å². The third-order valence-corrected chi connectivity index (χ3v) is 7.01. The van der Waals surface area contributed by atoms with Gasteiger partial charge < -0.3 is 14.4 Å². The first-order valence-corrected chi connectivity index (χ1v) is 12.2. The summed E-state index contributed by atoms with van der Waals surface area (Å²) in [5, 5.41) is 2.82. The Morgan fingerprint density at radius 3 is 2.76 bits per heavy atom. The van der Waals surface area contributed by atoms with Gasteiger partial charge in [-0.25, -0.2) is 9.78 Å². The highest BCUT2D eigenvalue weighted by molar-refractivity contribution is 7.10. The molecule has 1 amide bonds. The van der Waals surface area contributed by atoms with Crippen molar-refractivity contribution in [3.8, 4) is 0 Å². The number of thiophene rings is 1. The zero-order chi connectivity index (χ0) is 22.8. The van der Waals surface area contributed by atoms with E-state index in [1.54, 1.807) is 23.2 Å². The summed E-state index contributed by atoms with van der Waals surface area (Å²) < 4.78 is 11.1. The molecule has 0 spiro atoms. The second-order valence-corrected chi connectivity index (χ2v) is 9.33. The molecule has 3 aromatic rings. The summed E-state index contributed by atoms with van der Waals surface area (Å²) in [7, 11) is 0. The number of carbonyl (C=O) groups is 2. The lowest BCUT2D eigenvalue weighted by molar-refractivity contribution is -0.143. The van der Waals surface area contributed by atoms with Gasteiger partial charge in [-0.3, -0.25) is 4.79 Å². The van der Waals surface area contributed by atoms with E-state index in [-0.39, 0.29) is 5.91 Å². The number of esters is 1. The zero-order valence-corrected chi connectivity index (χ0v) is 19.4. The predicted molar refractivity (Wildman–Crippen MR) is 129 cm³/mol. The van der Waals surface area contributed by atoms with Crippen LogP contribution < -0.4 is 0 Å². The summed E-state index contributed by atoms with van der Waals surface area (Å²) >= 11 is 1.68. The second-order valence-electron chi connectivity index (χ2n) is 8.35. The van der Waals surface area contributed by atoms with Gasteiger partial charge in [0, 0.05) is 23.4 Å². The summed E-state index contributed by atoms with van der Waals surface area (Å²) in [6, 6.07) is 11.8. The Morgan fingerprint density at radius 2 is 1.97 bits per heavy atom. The molecule has 1 aliphatic carbocycles. The van der Waals surface area contributed by atoms with E-state index < -0.39 is 12.1 Å². The van der Waals surface area contributed by atoms with E-state index in [4.69, 9.17) is 14.5 Å². The molecule has 170 valence electrons. The van der Waals surface area contributed by atoms with Gasteiger partial charge in [-0.15, -0.1) is 11.3 Å². The van der Waals surface area contributed by atoms with Crippen molar-refractivity contribution in [2.75, 3.05) is 26.3 Å². The van der Waals surface area contributed by atoms with Crippen LogP contribution >= 0.6 is 11.3 Å². The minimum Gasteiger partial charge on any atom is -0.449 e. The minimum atomic E-state index is -0.858. The van der Waals surface area contributed by atoms with Gasteiger partial charge in [0.25, 0.3) is 5.91 Å². The van der Waals surface area contributed by atoms with Crippen LogP contribution in [0, 0.1) is 0 Å². The van der Waals surface area contributed by atoms with Crippen LogP contribution in [-0.2, 0) is 20.7 Å². The van der Waals surface area contributed by atoms with Crippen molar-refractivity contribution in [2.24, 2.45) is 0 Å². The Hall–Kier alpha value is -3.03. The first kappa shape index (κ1) is 21.8. The highest BCUT2D eigenvalue weighted by Gasteiger charge is 2.30. The van der Waals surface area contributed by atoms with Crippen molar-refractivity contribution in [3.05, 3.63) is 63.5 Å². The average Bonchev–Trinajstić information content (AvgIpc) is 3.36. The number of para-hydroxylation sites is 1. The third kappa shape index (κ3) is 4.43. The summed E-state index contributed by atoms with van der Waals surface area (Å²) in [5.41, 5.74) is 4.21. The lowest BCUT2D eigenvalue weighted by atomic mass is 9.86. The number of carbonyl (C=O) groups excluding carboxylic acids is 2. The van der Waals surface area contributed by atoms with Crippen LogP contribution in [0.2, 0.25) is 0 Å². The summed E-state index contributed by atoms with van der Waals surface area (Å²) in [5.74, 6) is -0.645. The van der Waals surface area contributed by atoms with Crippen molar-refractivity contribution in [1.29, 1.82) is 0 Å². The number of allylic oxidation sites excluding steroid dienone is 1. The molecule has 3 heterocycles. The summed E-state index contributed by atoms with van der Waals surface area (Å²) in [4.78, 5) is 34.1. The number of nitrogens with zero attached hydrogens (tertiary/aromatic N) is 2. The number of ether oxygens (including phenoxy) is 2. The number of hydrogen-bond acceptors (Lipinski definition) is 6. The van der Waals surface area contributed by atoms with E-state index in [2.05, 4.69) is 17.5 Å². The largest absolute Gasteiger partial charge is 0.449 e. The molecule has 1 atom stereocenters. The second kappa shape index (κ2) is 9.45. The molecule has 33 heavy (non-hydrogen) atoms. The lowest BCUT2D eigenvalue weighted by Crippen LogP contribution is -2.46. The molecule has 1 fully saturated rings. The molecule has 0 bridgehead atoms. The SMILES string of the molecule is CC(OC(=O)c1c2c(nc3ccccc13)/C(=C/c1cccs1)CCC2)C(=O)N1CCOCC1.